The van der Waals surface area contributed by atoms with Crippen molar-refractivity contribution in [3.05, 3.63) is 23.8 Å². The second-order valence-electron chi connectivity index (χ2n) is 2.41. The fraction of sp³-hybridized carbons (Fsp3) is 0.429. The monoisotopic (exact) mass is 175 g/mol. The van der Waals surface area contributed by atoms with Gasteiger partial charge in [-0.25, -0.2) is 8.42 Å². The Morgan fingerprint density at radius 3 is 2.00 bits per heavy atom. The molecular weight excluding hydrogens is 162 g/mol. The molecule has 0 radical (unpaired) electrons. The molecule has 0 atom stereocenters. The summed E-state index contributed by atoms with van der Waals surface area (Å²) in [6.07, 6.45) is 4.09. The Kier molecular flexibility index (Phi) is 3.32. The first kappa shape index (κ1) is 10.2. The van der Waals surface area contributed by atoms with Crippen molar-refractivity contribution in [1.29, 1.82) is 0 Å². The highest BCUT2D eigenvalue weighted by Gasteiger charge is 2.11. The number of rotatable bonds is 3. The number of nitrogens with zero attached hydrogens (tertiary/aromatic N) is 1. The molecule has 0 aliphatic rings. The first-order valence-corrected chi connectivity index (χ1v) is 4.99. The van der Waals surface area contributed by atoms with Crippen molar-refractivity contribution in [2.45, 2.75) is 0 Å². The molecule has 0 aliphatic heterocycles. The zero-order valence-corrected chi connectivity index (χ0v) is 7.85. The molecule has 0 heterocycles. The minimum Gasteiger partial charge on any atom is -0.368 e. The van der Waals surface area contributed by atoms with E-state index in [9.17, 15) is 8.42 Å². The molecule has 0 aliphatic carbocycles. The van der Waals surface area contributed by atoms with Crippen LogP contribution >= 0.6 is 0 Å². The second-order valence-corrected chi connectivity index (χ2v) is 4.37. The van der Waals surface area contributed by atoms with Crippen molar-refractivity contribution >= 4 is 9.84 Å². The van der Waals surface area contributed by atoms with Gasteiger partial charge in [0.1, 0.15) is 5.03 Å². The van der Waals surface area contributed by atoms with Crippen LogP contribution in [0.2, 0.25) is 0 Å². The Balaban J connectivity index is 4.94. The maximum Gasteiger partial charge on any atom is 0.190 e. The smallest absolute Gasteiger partial charge is 0.190 e. The highest BCUT2D eigenvalue weighted by molar-refractivity contribution is 7.94. The molecule has 3 nitrogen and oxygen atoms in total. The van der Waals surface area contributed by atoms with Gasteiger partial charge in [0.05, 0.1) is 0 Å². The van der Waals surface area contributed by atoms with Crippen LogP contribution in [-0.2, 0) is 9.84 Å². The maximum atomic E-state index is 11.0. The van der Waals surface area contributed by atoms with Gasteiger partial charge < -0.3 is 4.90 Å². The molecule has 64 valence electrons. The lowest BCUT2D eigenvalue weighted by Gasteiger charge is -2.13. The molecule has 0 aromatic rings. The molecule has 0 saturated carbocycles. The predicted octanol–water partition coefficient (Wildman–Crippen LogP) is 0.620. The summed E-state index contributed by atoms with van der Waals surface area (Å²) in [5, 5.41) is 0.271. The van der Waals surface area contributed by atoms with Crippen molar-refractivity contribution in [2.75, 3.05) is 20.4 Å². The summed E-state index contributed by atoms with van der Waals surface area (Å²) in [5.41, 5.74) is 0. The van der Waals surface area contributed by atoms with E-state index in [-0.39, 0.29) is 5.03 Å². The predicted molar refractivity (Wildman–Crippen MR) is 46.8 cm³/mol. The standard InChI is InChI=1S/C7H13NO2S/c1-5-6-7(8(2)3)11(4,9)10/h5-6H,1H2,2-4H3/b7-6+. The minimum atomic E-state index is -3.11. The summed E-state index contributed by atoms with van der Waals surface area (Å²) in [4.78, 5) is 1.54. The van der Waals surface area contributed by atoms with Crippen LogP contribution in [0.15, 0.2) is 23.8 Å². The summed E-state index contributed by atoms with van der Waals surface area (Å²) < 4.78 is 22.0. The Labute approximate surface area is 67.9 Å². The third kappa shape index (κ3) is 3.23. The molecule has 0 N–H and O–H groups in total. The Hall–Kier alpha value is -0.770. The third-order valence-corrected chi connectivity index (χ3v) is 2.34. The molecule has 0 fully saturated rings. The fourth-order valence-corrected chi connectivity index (χ4v) is 1.71. The van der Waals surface area contributed by atoms with Gasteiger partial charge in [0.25, 0.3) is 0 Å². The summed E-state index contributed by atoms with van der Waals surface area (Å²) in [5.74, 6) is 0. The Morgan fingerprint density at radius 2 is 1.91 bits per heavy atom. The van der Waals surface area contributed by atoms with Crippen LogP contribution < -0.4 is 0 Å². The van der Waals surface area contributed by atoms with Crippen molar-refractivity contribution < 1.29 is 8.42 Å². The van der Waals surface area contributed by atoms with E-state index >= 15 is 0 Å². The van der Waals surface area contributed by atoms with Crippen LogP contribution in [0, 0.1) is 0 Å². The highest BCUT2D eigenvalue weighted by atomic mass is 32.2. The van der Waals surface area contributed by atoms with Crippen LogP contribution in [0.25, 0.3) is 0 Å². The van der Waals surface area contributed by atoms with E-state index in [2.05, 4.69) is 6.58 Å². The topological polar surface area (TPSA) is 37.4 Å². The summed E-state index contributed by atoms with van der Waals surface area (Å²) >= 11 is 0. The lowest BCUT2D eigenvalue weighted by molar-refractivity contribution is 0.525. The van der Waals surface area contributed by atoms with Gasteiger partial charge in [-0.05, 0) is 6.08 Å². The van der Waals surface area contributed by atoms with Gasteiger partial charge in [-0.2, -0.15) is 0 Å². The summed E-state index contributed by atoms with van der Waals surface area (Å²) in [6.45, 7) is 3.43. The Morgan fingerprint density at radius 1 is 1.45 bits per heavy atom. The number of hydrogen-bond acceptors (Lipinski definition) is 3. The van der Waals surface area contributed by atoms with Crippen LogP contribution in [0.5, 0.6) is 0 Å². The molecule has 0 aromatic heterocycles. The number of hydrogen-bond donors (Lipinski definition) is 0. The third-order valence-electron chi connectivity index (χ3n) is 1.08. The molecule has 0 bridgehead atoms. The van der Waals surface area contributed by atoms with Crippen LogP contribution in [0.1, 0.15) is 0 Å². The summed E-state index contributed by atoms with van der Waals surface area (Å²) in [7, 11) is 0.243. The van der Waals surface area contributed by atoms with Gasteiger partial charge >= 0.3 is 0 Å². The van der Waals surface area contributed by atoms with E-state index in [4.69, 9.17) is 0 Å². The van der Waals surface area contributed by atoms with Crippen molar-refractivity contribution in [1.82, 2.24) is 4.90 Å². The van der Waals surface area contributed by atoms with Crippen molar-refractivity contribution in [2.24, 2.45) is 0 Å². The van der Waals surface area contributed by atoms with Gasteiger partial charge in [0, 0.05) is 20.4 Å². The zero-order valence-electron chi connectivity index (χ0n) is 7.03. The molecule has 0 amide bonds. The van der Waals surface area contributed by atoms with Crippen LogP contribution in [0.3, 0.4) is 0 Å². The quantitative estimate of drug-likeness (QED) is 0.590. The summed E-state index contributed by atoms with van der Waals surface area (Å²) in [6, 6.07) is 0. The van der Waals surface area contributed by atoms with Gasteiger partial charge in [0.2, 0.25) is 0 Å². The SMILES string of the molecule is C=C/C=C(\N(C)C)S(C)(=O)=O. The average molecular weight is 175 g/mol. The van der Waals surface area contributed by atoms with Crippen LogP contribution in [-0.4, -0.2) is 33.7 Å². The second kappa shape index (κ2) is 3.57. The van der Waals surface area contributed by atoms with Crippen LogP contribution in [0.4, 0.5) is 0 Å². The highest BCUT2D eigenvalue weighted by Crippen LogP contribution is 2.06. The van der Waals surface area contributed by atoms with E-state index in [1.165, 1.54) is 23.3 Å². The van der Waals surface area contributed by atoms with Gasteiger partial charge in [0.15, 0.2) is 9.84 Å². The maximum absolute atomic E-state index is 11.0. The average Bonchev–Trinajstić information content (AvgIpc) is 1.79. The molecule has 0 spiro atoms. The molecule has 4 heteroatoms. The largest absolute Gasteiger partial charge is 0.368 e. The van der Waals surface area contributed by atoms with Gasteiger partial charge in [-0.1, -0.05) is 12.7 Å². The minimum absolute atomic E-state index is 0.271. The fourth-order valence-electron chi connectivity index (χ4n) is 0.705. The van der Waals surface area contributed by atoms with E-state index in [1.807, 2.05) is 0 Å². The normalized spacial score (nSPS) is 12.8. The Bertz CT molecular complexity index is 262. The molecule has 0 rings (SSSR count). The van der Waals surface area contributed by atoms with Crippen molar-refractivity contribution in [3.63, 3.8) is 0 Å². The molecule has 0 saturated heterocycles. The number of sulfone groups is 1. The first-order valence-electron chi connectivity index (χ1n) is 3.09. The van der Waals surface area contributed by atoms with Gasteiger partial charge in [-0.3, -0.25) is 0 Å². The molecule has 0 unspecified atom stereocenters. The van der Waals surface area contributed by atoms with E-state index < -0.39 is 9.84 Å². The lowest BCUT2D eigenvalue weighted by atomic mass is 10.6. The van der Waals surface area contributed by atoms with Crippen molar-refractivity contribution in [3.8, 4) is 0 Å². The number of allylic oxidation sites excluding steroid dienone is 2. The van der Waals surface area contributed by atoms with E-state index in [0.29, 0.717) is 0 Å². The van der Waals surface area contributed by atoms with E-state index in [1.54, 1.807) is 14.1 Å². The molecular formula is C7H13NO2S. The first-order chi connectivity index (χ1) is 4.89. The molecule has 11 heavy (non-hydrogen) atoms. The van der Waals surface area contributed by atoms with Gasteiger partial charge in [-0.15, -0.1) is 0 Å². The zero-order chi connectivity index (χ0) is 9.07. The molecule has 0 aromatic carbocycles. The van der Waals surface area contributed by atoms with E-state index in [0.717, 1.165) is 0 Å². The lowest BCUT2D eigenvalue weighted by Crippen LogP contribution is -2.18.